The van der Waals surface area contributed by atoms with E-state index in [0.717, 1.165) is 43.9 Å². The van der Waals surface area contributed by atoms with Crippen molar-refractivity contribution in [3.63, 3.8) is 0 Å². The summed E-state index contributed by atoms with van der Waals surface area (Å²) < 4.78 is 1.95. The molecule has 3 N–H and O–H groups in total. The number of fused-ring (bicyclic) bond motifs is 1. The fourth-order valence-electron chi connectivity index (χ4n) is 5.72. The Morgan fingerprint density at radius 2 is 1.89 bits per heavy atom. The van der Waals surface area contributed by atoms with Crippen molar-refractivity contribution < 1.29 is 4.79 Å². The predicted octanol–water partition coefficient (Wildman–Crippen LogP) is 4.53. The van der Waals surface area contributed by atoms with Crippen LogP contribution in [0.15, 0.2) is 61.3 Å². The number of carbonyl (C=O) groups excluding carboxylic acids is 1. The van der Waals surface area contributed by atoms with Gasteiger partial charge in [0.2, 0.25) is 5.91 Å². The maximum absolute atomic E-state index is 11.3. The van der Waals surface area contributed by atoms with Crippen molar-refractivity contribution in [2.45, 2.75) is 51.6 Å². The highest BCUT2D eigenvalue weighted by molar-refractivity contribution is 5.88. The van der Waals surface area contributed by atoms with E-state index >= 15 is 0 Å². The smallest absolute Gasteiger partial charge is 0.221 e. The Morgan fingerprint density at radius 3 is 2.62 bits per heavy atom. The van der Waals surface area contributed by atoms with Crippen LogP contribution >= 0.6 is 0 Å². The molecule has 1 saturated heterocycles. The Morgan fingerprint density at radius 1 is 1.14 bits per heavy atom. The van der Waals surface area contributed by atoms with Crippen molar-refractivity contribution in [3.05, 3.63) is 72.4 Å². The Labute approximate surface area is 218 Å². The van der Waals surface area contributed by atoms with E-state index < -0.39 is 0 Å². The van der Waals surface area contributed by atoms with Crippen LogP contribution in [0.3, 0.4) is 0 Å². The van der Waals surface area contributed by atoms with E-state index in [4.69, 9.17) is 0 Å². The second kappa shape index (κ2) is 11.7. The second-order valence-electron chi connectivity index (χ2n) is 10.3. The molecule has 1 aliphatic heterocycles. The first-order chi connectivity index (χ1) is 18.1. The summed E-state index contributed by atoms with van der Waals surface area (Å²) in [5.74, 6) is 0.661. The third kappa shape index (κ3) is 6.26. The van der Waals surface area contributed by atoms with Gasteiger partial charge in [0.05, 0.1) is 0 Å². The largest absolute Gasteiger partial charge is 0.361 e. The quantitative estimate of drug-likeness (QED) is 0.298. The van der Waals surface area contributed by atoms with Gasteiger partial charge in [-0.3, -0.25) is 14.3 Å². The summed E-state index contributed by atoms with van der Waals surface area (Å²) >= 11 is 0. The SMILES string of the molecule is CC(=O)Nc1ccc(CN(C)C(CCCc2c[nH]c3ccc(-n4cnnc4)cc23)C2CCNCC2)cc1. The topological polar surface area (TPSA) is 90.9 Å². The molecule has 4 aromatic rings. The van der Waals surface area contributed by atoms with Crippen molar-refractivity contribution in [2.24, 2.45) is 5.92 Å². The molecule has 1 aliphatic rings. The molecule has 3 heterocycles. The number of piperidine rings is 1. The molecule has 2 aromatic carbocycles. The molecule has 37 heavy (non-hydrogen) atoms. The third-order valence-electron chi connectivity index (χ3n) is 7.61. The lowest BCUT2D eigenvalue weighted by molar-refractivity contribution is -0.114. The Hall–Kier alpha value is -3.49. The Bertz CT molecular complexity index is 1290. The second-order valence-corrected chi connectivity index (χ2v) is 10.3. The van der Waals surface area contributed by atoms with E-state index in [2.05, 4.69) is 74.3 Å². The summed E-state index contributed by atoms with van der Waals surface area (Å²) in [6.45, 7) is 4.66. The molecule has 1 amide bonds. The zero-order chi connectivity index (χ0) is 25.6. The maximum atomic E-state index is 11.3. The number of aromatic nitrogens is 4. The Balaban J connectivity index is 1.25. The maximum Gasteiger partial charge on any atom is 0.221 e. The number of anilines is 1. The van der Waals surface area contributed by atoms with Gasteiger partial charge in [0.1, 0.15) is 12.7 Å². The highest BCUT2D eigenvalue weighted by atomic mass is 16.1. The lowest BCUT2D eigenvalue weighted by atomic mass is 9.85. The number of hydrogen-bond donors (Lipinski definition) is 3. The van der Waals surface area contributed by atoms with Crippen LogP contribution in [0.4, 0.5) is 5.69 Å². The summed E-state index contributed by atoms with van der Waals surface area (Å²) in [5.41, 5.74) is 5.73. The molecule has 0 saturated carbocycles. The van der Waals surface area contributed by atoms with Gasteiger partial charge in [0.15, 0.2) is 0 Å². The fraction of sp³-hybridized carbons (Fsp3) is 0.414. The van der Waals surface area contributed by atoms with Crippen molar-refractivity contribution in [1.82, 2.24) is 30.0 Å². The number of aromatic amines is 1. The van der Waals surface area contributed by atoms with E-state index in [1.165, 1.54) is 48.2 Å². The molecule has 1 unspecified atom stereocenters. The van der Waals surface area contributed by atoms with Crippen LogP contribution in [0.2, 0.25) is 0 Å². The highest BCUT2D eigenvalue weighted by Gasteiger charge is 2.26. The molecule has 8 nitrogen and oxygen atoms in total. The molecular formula is C29H37N7O. The molecule has 1 fully saturated rings. The van der Waals surface area contributed by atoms with Crippen molar-refractivity contribution in [2.75, 3.05) is 25.5 Å². The average molecular weight is 500 g/mol. The number of H-pyrrole nitrogens is 1. The predicted molar refractivity (Wildman–Crippen MR) is 148 cm³/mol. The normalized spacial score (nSPS) is 15.3. The number of amides is 1. The zero-order valence-electron chi connectivity index (χ0n) is 21.8. The van der Waals surface area contributed by atoms with Crippen LogP contribution in [-0.4, -0.2) is 56.7 Å². The monoisotopic (exact) mass is 499 g/mol. The number of hydrogen-bond acceptors (Lipinski definition) is 5. The minimum atomic E-state index is -0.0407. The van der Waals surface area contributed by atoms with Gasteiger partial charge < -0.3 is 15.6 Å². The summed E-state index contributed by atoms with van der Waals surface area (Å²) in [7, 11) is 2.27. The molecule has 8 heteroatoms. The number of aryl methyl sites for hydroxylation is 1. The van der Waals surface area contributed by atoms with E-state index in [0.29, 0.717) is 12.0 Å². The van der Waals surface area contributed by atoms with Gasteiger partial charge in [0.25, 0.3) is 0 Å². The van der Waals surface area contributed by atoms with Crippen LogP contribution in [-0.2, 0) is 17.8 Å². The minimum absolute atomic E-state index is 0.0407. The van der Waals surface area contributed by atoms with E-state index in [1.807, 2.05) is 16.7 Å². The number of nitrogens with zero attached hydrogens (tertiary/aromatic N) is 4. The van der Waals surface area contributed by atoms with Crippen LogP contribution < -0.4 is 10.6 Å². The first kappa shape index (κ1) is 25.2. The summed E-state index contributed by atoms with van der Waals surface area (Å²) in [6.07, 6.45) is 11.5. The molecule has 0 aliphatic carbocycles. The first-order valence-electron chi connectivity index (χ1n) is 13.3. The third-order valence-corrected chi connectivity index (χ3v) is 7.61. The summed E-state index contributed by atoms with van der Waals surface area (Å²) in [5, 5.41) is 15.5. The van der Waals surface area contributed by atoms with E-state index in [-0.39, 0.29) is 5.91 Å². The Kier molecular flexibility index (Phi) is 7.96. The number of rotatable bonds is 10. The highest BCUT2D eigenvalue weighted by Crippen LogP contribution is 2.28. The van der Waals surface area contributed by atoms with Gasteiger partial charge in [-0.25, -0.2) is 0 Å². The van der Waals surface area contributed by atoms with Crippen molar-refractivity contribution in [3.8, 4) is 5.69 Å². The van der Waals surface area contributed by atoms with E-state index in [9.17, 15) is 4.79 Å². The molecule has 194 valence electrons. The van der Waals surface area contributed by atoms with Crippen LogP contribution in [0.25, 0.3) is 16.6 Å². The minimum Gasteiger partial charge on any atom is -0.361 e. The van der Waals surface area contributed by atoms with Gasteiger partial charge in [0, 0.05) is 48.0 Å². The molecule has 0 bridgehead atoms. The number of carbonyl (C=O) groups is 1. The summed E-state index contributed by atoms with van der Waals surface area (Å²) in [6, 6.07) is 15.2. The van der Waals surface area contributed by atoms with Crippen molar-refractivity contribution in [1.29, 1.82) is 0 Å². The van der Waals surface area contributed by atoms with Gasteiger partial charge in [-0.2, -0.15) is 0 Å². The van der Waals surface area contributed by atoms with Gasteiger partial charge in [-0.15, -0.1) is 10.2 Å². The molecule has 0 radical (unpaired) electrons. The molecule has 5 rings (SSSR count). The molecular weight excluding hydrogens is 462 g/mol. The lowest BCUT2D eigenvalue weighted by Gasteiger charge is -2.37. The first-order valence-corrected chi connectivity index (χ1v) is 13.3. The van der Waals surface area contributed by atoms with Gasteiger partial charge in [-0.05, 0) is 99.6 Å². The van der Waals surface area contributed by atoms with E-state index in [1.54, 1.807) is 12.7 Å². The standard InChI is InChI=1S/C29H37N7O/c1-21(37)34-25-8-6-22(7-9-25)18-35(2)29(23-12-14-30-15-13-23)5-3-4-24-17-31-28-11-10-26(16-27(24)28)36-19-32-33-20-36/h6-11,16-17,19-20,23,29-31H,3-5,12-15,18H2,1-2H3,(H,34,37). The van der Waals surface area contributed by atoms with Gasteiger partial charge in [-0.1, -0.05) is 12.1 Å². The molecule has 2 aromatic heterocycles. The van der Waals surface area contributed by atoms with Crippen molar-refractivity contribution >= 4 is 22.5 Å². The van der Waals surface area contributed by atoms with Gasteiger partial charge >= 0.3 is 0 Å². The fourth-order valence-corrected chi connectivity index (χ4v) is 5.72. The molecule has 0 spiro atoms. The van der Waals surface area contributed by atoms with Crippen LogP contribution in [0, 0.1) is 5.92 Å². The van der Waals surface area contributed by atoms with Crippen LogP contribution in [0.1, 0.15) is 43.7 Å². The molecule has 1 atom stereocenters. The number of nitrogens with one attached hydrogen (secondary N) is 3. The number of benzene rings is 2. The van der Waals surface area contributed by atoms with Crippen LogP contribution in [0.5, 0.6) is 0 Å². The zero-order valence-corrected chi connectivity index (χ0v) is 21.8. The average Bonchev–Trinajstić information content (AvgIpc) is 3.58. The lowest BCUT2D eigenvalue weighted by Crippen LogP contribution is -2.42. The summed E-state index contributed by atoms with van der Waals surface area (Å²) in [4.78, 5) is 17.3.